The Balaban J connectivity index is 2.18. The molecule has 1 atom stereocenters. The Morgan fingerprint density at radius 1 is 1.33 bits per heavy atom. The second-order valence-corrected chi connectivity index (χ2v) is 6.58. The molecule has 2 rings (SSSR count). The lowest BCUT2D eigenvalue weighted by Gasteiger charge is -2.11. The maximum atomic E-state index is 13.0. The fraction of sp³-hybridized carbons (Fsp3) is 0.286. The van der Waals surface area contributed by atoms with Crippen LogP contribution in [0.2, 0.25) is 0 Å². The lowest BCUT2D eigenvalue weighted by molar-refractivity contribution is 0.624. The first kappa shape index (κ1) is 13.7. The summed E-state index contributed by atoms with van der Waals surface area (Å²) in [6.45, 7) is 4.19. The molecule has 0 aliphatic carbocycles. The van der Waals surface area contributed by atoms with Crippen LogP contribution < -0.4 is 5.73 Å². The highest BCUT2D eigenvalue weighted by molar-refractivity contribution is 9.10. The average Bonchev–Trinajstić information content (AvgIpc) is 2.63. The van der Waals surface area contributed by atoms with Crippen molar-refractivity contribution in [3.63, 3.8) is 0 Å². The topological polar surface area (TPSA) is 26.0 Å². The first-order valence-corrected chi connectivity index (χ1v) is 7.34. The Bertz CT molecular complexity index is 545. The van der Waals surface area contributed by atoms with Crippen molar-refractivity contribution in [1.82, 2.24) is 0 Å². The van der Waals surface area contributed by atoms with Crippen LogP contribution in [0.15, 0.2) is 28.7 Å². The van der Waals surface area contributed by atoms with Gasteiger partial charge in [0.05, 0.1) is 0 Å². The van der Waals surface area contributed by atoms with E-state index in [0.29, 0.717) is 6.42 Å². The highest BCUT2D eigenvalue weighted by Gasteiger charge is 2.13. The second-order valence-electron chi connectivity index (χ2n) is 4.43. The maximum absolute atomic E-state index is 13.0. The zero-order chi connectivity index (χ0) is 13.3. The molecule has 0 aliphatic rings. The normalized spacial score (nSPS) is 12.7. The van der Waals surface area contributed by atoms with E-state index in [1.807, 2.05) is 0 Å². The van der Waals surface area contributed by atoms with Crippen LogP contribution in [0, 0.1) is 19.7 Å². The van der Waals surface area contributed by atoms with Gasteiger partial charge in [0.1, 0.15) is 5.82 Å². The quantitative estimate of drug-likeness (QED) is 0.881. The summed E-state index contributed by atoms with van der Waals surface area (Å²) in [4.78, 5) is 2.49. The van der Waals surface area contributed by atoms with E-state index in [1.165, 1.54) is 27.5 Å². The molecule has 1 aromatic carbocycles. The third kappa shape index (κ3) is 2.99. The third-order valence-electron chi connectivity index (χ3n) is 3.01. The van der Waals surface area contributed by atoms with E-state index < -0.39 is 0 Å². The van der Waals surface area contributed by atoms with Gasteiger partial charge < -0.3 is 5.73 Å². The van der Waals surface area contributed by atoms with E-state index in [1.54, 1.807) is 17.4 Å². The van der Waals surface area contributed by atoms with Crippen LogP contribution >= 0.6 is 27.3 Å². The summed E-state index contributed by atoms with van der Waals surface area (Å²) in [6, 6.07) is 6.84. The molecule has 1 aromatic heterocycles. The lowest BCUT2D eigenvalue weighted by Crippen LogP contribution is -2.12. The van der Waals surface area contributed by atoms with E-state index in [9.17, 15) is 4.39 Å². The minimum Gasteiger partial charge on any atom is -0.323 e. The predicted octanol–water partition coefficient (Wildman–Crippen LogP) is 4.51. The van der Waals surface area contributed by atoms with E-state index in [4.69, 9.17) is 5.73 Å². The van der Waals surface area contributed by atoms with Crippen LogP contribution in [0.5, 0.6) is 0 Å². The molecule has 0 saturated heterocycles. The number of benzene rings is 1. The SMILES string of the molecule is Cc1cc(C(N)Cc2ccc(F)cc2Br)sc1C. The van der Waals surface area contributed by atoms with Gasteiger partial charge in [0.15, 0.2) is 0 Å². The van der Waals surface area contributed by atoms with Crippen molar-refractivity contribution >= 4 is 27.3 Å². The number of thiophene rings is 1. The van der Waals surface area contributed by atoms with Gasteiger partial charge >= 0.3 is 0 Å². The van der Waals surface area contributed by atoms with Gasteiger partial charge in [0, 0.05) is 20.3 Å². The molecule has 0 bridgehead atoms. The van der Waals surface area contributed by atoms with Gasteiger partial charge in [-0.2, -0.15) is 0 Å². The maximum Gasteiger partial charge on any atom is 0.124 e. The van der Waals surface area contributed by atoms with Gasteiger partial charge in [0.25, 0.3) is 0 Å². The van der Waals surface area contributed by atoms with Crippen molar-refractivity contribution in [2.75, 3.05) is 0 Å². The molecule has 2 N–H and O–H groups in total. The molecular weight excluding hydrogens is 313 g/mol. The number of rotatable bonds is 3. The molecule has 96 valence electrons. The Hall–Kier alpha value is -0.710. The van der Waals surface area contributed by atoms with Crippen molar-refractivity contribution in [3.8, 4) is 0 Å². The second kappa shape index (κ2) is 5.51. The largest absolute Gasteiger partial charge is 0.323 e. The van der Waals surface area contributed by atoms with Gasteiger partial charge in [-0.25, -0.2) is 4.39 Å². The van der Waals surface area contributed by atoms with E-state index >= 15 is 0 Å². The van der Waals surface area contributed by atoms with E-state index in [2.05, 4.69) is 35.8 Å². The van der Waals surface area contributed by atoms with Crippen LogP contribution in [-0.4, -0.2) is 0 Å². The zero-order valence-electron chi connectivity index (χ0n) is 10.3. The van der Waals surface area contributed by atoms with Gasteiger partial charge in [0.2, 0.25) is 0 Å². The van der Waals surface area contributed by atoms with Crippen molar-refractivity contribution in [3.05, 3.63) is 55.4 Å². The number of hydrogen-bond acceptors (Lipinski definition) is 2. The molecule has 4 heteroatoms. The van der Waals surface area contributed by atoms with Crippen molar-refractivity contribution < 1.29 is 4.39 Å². The first-order valence-electron chi connectivity index (χ1n) is 5.74. The first-order chi connectivity index (χ1) is 8.47. The Kier molecular flexibility index (Phi) is 4.20. The molecule has 0 radical (unpaired) electrons. The lowest BCUT2D eigenvalue weighted by atomic mass is 10.0. The van der Waals surface area contributed by atoms with Gasteiger partial charge in [-0.3, -0.25) is 0 Å². The number of halogens is 2. The van der Waals surface area contributed by atoms with Crippen LogP contribution in [0.25, 0.3) is 0 Å². The van der Waals surface area contributed by atoms with Gasteiger partial charge in [-0.05, 0) is 49.6 Å². The van der Waals surface area contributed by atoms with Crippen molar-refractivity contribution in [1.29, 1.82) is 0 Å². The fourth-order valence-electron chi connectivity index (χ4n) is 1.81. The summed E-state index contributed by atoms with van der Waals surface area (Å²) in [7, 11) is 0. The molecule has 2 aromatic rings. The van der Waals surface area contributed by atoms with E-state index in [-0.39, 0.29) is 11.9 Å². The Labute approximate surface area is 119 Å². The fourth-order valence-corrected chi connectivity index (χ4v) is 3.37. The zero-order valence-corrected chi connectivity index (χ0v) is 12.7. The van der Waals surface area contributed by atoms with Crippen LogP contribution in [0.1, 0.15) is 26.9 Å². The van der Waals surface area contributed by atoms with E-state index in [0.717, 1.165) is 10.0 Å². The average molecular weight is 328 g/mol. The molecule has 0 spiro atoms. The molecule has 1 unspecified atom stereocenters. The highest BCUT2D eigenvalue weighted by Crippen LogP contribution is 2.29. The summed E-state index contributed by atoms with van der Waals surface area (Å²) >= 11 is 5.11. The van der Waals surface area contributed by atoms with Gasteiger partial charge in [-0.1, -0.05) is 22.0 Å². The minimum atomic E-state index is -0.234. The van der Waals surface area contributed by atoms with Crippen molar-refractivity contribution in [2.24, 2.45) is 5.73 Å². The van der Waals surface area contributed by atoms with Crippen LogP contribution in [0.4, 0.5) is 4.39 Å². The molecule has 1 nitrogen and oxygen atoms in total. The number of nitrogens with two attached hydrogens (primary N) is 1. The Morgan fingerprint density at radius 3 is 2.61 bits per heavy atom. The standard InChI is InChI=1S/C14H15BrFNS/c1-8-5-14(18-9(8)2)13(17)6-10-3-4-11(16)7-12(10)15/h3-5,7,13H,6,17H2,1-2H3. The number of hydrogen-bond donors (Lipinski definition) is 1. The Morgan fingerprint density at radius 2 is 2.06 bits per heavy atom. The summed E-state index contributed by atoms with van der Waals surface area (Å²) in [5, 5.41) is 0. The monoisotopic (exact) mass is 327 g/mol. The molecular formula is C14H15BrFNS. The van der Waals surface area contributed by atoms with Crippen molar-refractivity contribution in [2.45, 2.75) is 26.3 Å². The summed E-state index contributed by atoms with van der Waals surface area (Å²) in [5.74, 6) is -0.234. The molecule has 0 aliphatic heterocycles. The molecule has 0 fully saturated rings. The van der Waals surface area contributed by atoms with Crippen LogP contribution in [0.3, 0.4) is 0 Å². The smallest absolute Gasteiger partial charge is 0.124 e. The van der Waals surface area contributed by atoms with Crippen LogP contribution in [-0.2, 0) is 6.42 Å². The minimum absolute atomic E-state index is 0.0378. The molecule has 18 heavy (non-hydrogen) atoms. The summed E-state index contributed by atoms with van der Waals surface area (Å²) < 4.78 is 13.8. The van der Waals surface area contributed by atoms with Gasteiger partial charge in [-0.15, -0.1) is 11.3 Å². The predicted molar refractivity (Wildman–Crippen MR) is 78.5 cm³/mol. The molecule has 0 saturated carbocycles. The molecule has 1 heterocycles. The third-order valence-corrected chi connectivity index (χ3v) is 5.03. The number of aryl methyl sites for hydroxylation is 2. The molecule has 0 amide bonds. The highest BCUT2D eigenvalue weighted by atomic mass is 79.9. The summed E-state index contributed by atoms with van der Waals surface area (Å²) in [6.07, 6.45) is 0.709. The summed E-state index contributed by atoms with van der Waals surface area (Å²) in [5.41, 5.74) is 8.53.